The van der Waals surface area contributed by atoms with Crippen molar-refractivity contribution in [2.45, 2.75) is 25.2 Å². The summed E-state index contributed by atoms with van der Waals surface area (Å²) < 4.78 is 4.88. The molecule has 0 saturated carbocycles. The molecular weight excluding hydrogens is 288 g/mol. The summed E-state index contributed by atoms with van der Waals surface area (Å²) >= 11 is 3.21. The van der Waals surface area contributed by atoms with Crippen molar-refractivity contribution in [3.63, 3.8) is 0 Å². The molecule has 1 aromatic rings. The average molecular weight is 301 g/mol. The SMILES string of the molecule is O=C1OCc2cc(C(O)C(O)CCBr)ccc21. The monoisotopic (exact) mass is 300 g/mol. The van der Waals surface area contributed by atoms with E-state index in [-0.39, 0.29) is 12.6 Å². The maximum Gasteiger partial charge on any atom is 0.338 e. The fourth-order valence-electron chi connectivity index (χ4n) is 1.83. The highest BCUT2D eigenvalue weighted by Crippen LogP contribution is 2.26. The number of esters is 1. The number of halogens is 1. The highest BCUT2D eigenvalue weighted by molar-refractivity contribution is 9.09. The molecule has 1 aliphatic heterocycles. The first-order valence-electron chi connectivity index (χ1n) is 5.35. The van der Waals surface area contributed by atoms with Gasteiger partial charge in [-0.2, -0.15) is 0 Å². The van der Waals surface area contributed by atoms with Gasteiger partial charge in [0.25, 0.3) is 0 Å². The summed E-state index contributed by atoms with van der Waals surface area (Å²) in [5, 5.41) is 20.2. The number of fused-ring (bicyclic) bond motifs is 1. The van der Waals surface area contributed by atoms with E-state index < -0.39 is 12.2 Å². The molecule has 1 heterocycles. The maximum absolute atomic E-state index is 11.2. The van der Waals surface area contributed by atoms with Crippen LogP contribution in [0.1, 0.15) is 34.0 Å². The molecule has 0 amide bonds. The van der Waals surface area contributed by atoms with Crippen molar-refractivity contribution >= 4 is 21.9 Å². The molecular formula is C12H13BrO4. The molecule has 1 aliphatic rings. The first kappa shape index (κ1) is 12.5. The molecule has 2 N–H and O–H groups in total. The molecule has 0 aliphatic carbocycles. The number of hydrogen-bond acceptors (Lipinski definition) is 4. The first-order chi connectivity index (χ1) is 8.13. The number of aliphatic hydroxyl groups is 2. The van der Waals surface area contributed by atoms with E-state index in [0.29, 0.717) is 22.9 Å². The van der Waals surface area contributed by atoms with E-state index in [0.717, 1.165) is 5.56 Å². The number of hydrogen-bond donors (Lipinski definition) is 2. The Morgan fingerprint density at radius 1 is 1.41 bits per heavy atom. The normalized spacial score (nSPS) is 17.5. The summed E-state index contributed by atoms with van der Waals surface area (Å²) in [7, 11) is 0. The van der Waals surface area contributed by atoms with Gasteiger partial charge in [0.2, 0.25) is 0 Å². The Kier molecular flexibility index (Phi) is 3.81. The van der Waals surface area contributed by atoms with Crippen LogP contribution in [0.15, 0.2) is 18.2 Å². The predicted octanol–water partition coefficient (Wildman–Crippen LogP) is 1.54. The van der Waals surface area contributed by atoms with Crippen molar-refractivity contribution in [2.75, 3.05) is 5.33 Å². The molecule has 2 unspecified atom stereocenters. The lowest BCUT2D eigenvalue weighted by Gasteiger charge is -2.17. The Bertz CT molecular complexity index is 433. The second kappa shape index (κ2) is 5.16. The van der Waals surface area contributed by atoms with E-state index in [9.17, 15) is 15.0 Å². The molecule has 2 rings (SSSR count). The van der Waals surface area contributed by atoms with Crippen LogP contribution in [0.5, 0.6) is 0 Å². The summed E-state index contributed by atoms with van der Waals surface area (Å²) in [4.78, 5) is 11.2. The number of benzene rings is 1. The van der Waals surface area contributed by atoms with Gasteiger partial charge in [0.15, 0.2) is 0 Å². The summed E-state index contributed by atoms with van der Waals surface area (Å²) in [5.74, 6) is -0.331. The Morgan fingerprint density at radius 2 is 2.18 bits per heavy atom. The van der Waals surface area contributed by atoms with Crippen LogP contribution in [0.25, 0.3) is 0 Å². The van der Waals surface area contributed by atoms with Crippen LogP contribution in [-0.4, -0.2) is 27.6 Å². The fourth-order valence-corrected chi connectivity index (χ4v) is 2.30. The van der Waals surface area contributed by atoms with Crippen LogP contribution >= 0.6 is 15.9 Å². The van der Waals surface area contributed by atoms with Crippen LogP contribution in [0, 0.1) is 0 Å². The van der Waals surface area contributed by atoms with Gasteiger partial charge < -0.3 is 14.9 Å². The van der Waals surface area contributed by atoms with Gasteiger partial charge in [0.1, 0.15) is 12.7 Å². The average Bonchev–Trinajstić information content (AvgIpc) is 2.70. The van der Waals surface area contributed by atoms with Crippen molar-refractivity contribution in [3.8, 4) is 0 Å². The van der Waals surface area contributed by atoms with Gasteiger partial charge in [0, 0.05) is 10.9 Å². The zero-order valence-electron chi connectivity index (χ0n) is 9.10. The maximum atomic E-state index is 11.2. The minimum absolute atomic E-state index is 0.239. The highest BCUT2D eigenvalue weighted by Gasteiger charge is 2.24. The van der Waals surface area contributed by atoms with Gasteiger partial charge in [-0.25, -0.2) is 4.79 Å². The van der Waals surface area contributed by atoms with E-state index in [1.165, 1.54) is 0 Å². The fraction of sp³-hybridized carbons (Fsp3) is 0.417. The van der Waals surface area contributed by atoms with Crippen molar-refractivity contribution in [1.82, 2.24) is 0 Å². The minimum Gasteiger partial charge on any atom is -0.457 e. The standard InChI is InChI=1S/C12H13BrO4/c13-4-3-10(14)11(15)7-1-2-9-8(5-7)6-17-12(9)16/h1-2,5,10-11,14-15H,3-4,6H2. The van der Waals surface area contributed by atoms with Gasteiger partial charge in [0.05, 0.1) is 11.7 Å². The third kappa shape index (κ3) is 2.51. The van der Waals surface area contributed by atoms with Crippen molar-refractivity contribution < 1.29 is 19.7 Å². The molecule has 0 fully saturated rings. The Morgan fingerprint density at radius 3 is 2.88 bits per heavy atom. The van der Waals surface area contributed by atoms with Crippen molar-refractivity contribution in [1.29, 1.82) is 0 Å². The van der Waals surface area contributed by atoms with Crippen molar-refractivity contribution in [3.05, 3.63) is 34.9 Å². The van der Waals surface area contributed by atoms with Gasteiger partial charge >= 0.3 is 5.97 Å². The summed E-state index contributed by atoms with van der Waals surface area (Å²) in [5.41, 5.74) is 1.91. The van der Waals surface area contributed by atoms with E-state index >= 15 is 0 Å². The molecule has 92 valence electrons. The molecule has 0 bridgehead atoms. The topological polar surface area (TPSA) is 66.8 Å². The zero-order valence-corrected chi connectivity index (χ0v) is 10.7. The zero-order chi connectivity index (χ0) is 12.4. The molecule has 0 radical (unpaired) electrons. The number of aliphatic hydroxyl groups excluding tert-OH is 2. The molecule has 0 spiro atoms. The molecule has 5 heteroatoms. The number of cyclic esters (lactones) is 1. The molecule has 0 aromatic heterocycles. The molecule has 4 nitrogen and oxygen atoms in total. The number of alkyl halides is 1. The third-order valence-corrected chi connectivity index (χ3v) is 3.28. The molecule has 1 aromatic carbocycles. The van der Waals surface area contributed by atoms with Gasteiger partial charge in [-0.05, 0) is 24.1 Å². The number of carbonyl (C=O) groups excluding carboxylic acids is 1. The quantitative estimate of drug-likeness (QED) is 0.654. The number of ether oxygens (including phenoxy) is 1. The Hall–Kier alpha value is -0.910. The number of rotatable bonds is 4. The lowest BCUT2D eigenvalue weighted by Crippen LogP contribution is -2.18. The largest absolute Gasteiger partial charge is 0.457 e. The van der Waals surface area contributed by atoms with Crippen molar-refractivity contribution in [2.24, 2.45) is 0 Å². The molecule has 17 heavy (non-hydrogen) atoms. The lowest BCUT2D eigenvalue weighted by atomic mass is 9.98. The smallest absolute Gasteiger partial charge is 0.338 e. The predicted molar refractivity (Wildman–Crippen MR) is 64.9 cm³/mol. The second-order valence-electron chi connectivity index (χ2n) is 3.98. The molecule has 2 atom stereocenters. The summed E-state index contributed by atoms with van der Waals surface area (Å²) in [6, 6.07) is 4.99. The summed E-state index contributed by atoms with van der Waals surface area (Å²) in [6.07, 6.45) is -1.28. The van der Waals surface area contributed by atoms with Gasteiger partial charge in [-0.15, -0.1) is 0 Å². The van der Waals surface area contributed by atoms with E-state index in [1.807, 2.05) is 0 Å². The van der Waals surface area contributed by atoms with Gasteiger partial charge in [-0.3, -0.25) is 0 Å². The number of carbonyl (C=O) groups is 1. The van der Waals surface area contributed by atoms with Crippen LogP contribution in [0.4, 0.5) is 0 Å². The van der Waals surface area contributed by atoms with Crippen LogP contribution in [0.3, 0.4) is 0 Å². The Labute approximate surface area is 107 Å². The summed E-state index contributed by atoms with van der Waals surface area (Å²) in [6.45, 7) is 0.239. The highest BCUT2D eigenvalue weighted by atomic mass is 79.9. The van der Waals surface area contributed by atoms with E-state index in [1.54, 1.807) is 18.2 Å². The van der Waals surface area contributed by atoms with Crippen LogP contribution in [-0.2, 0) is 11.3 Å². The minimum atomic E-state index is -0.937. The van der Waals surface area contributed by atoms with E-state index in [2.05, 4.69) is 15.9 Å². The Balaban J connectivity index is 2.20. The first-order valence-corrected chi connectivity index (χ1v) is 6.47. The third-order valence-electron chi connectivity index (χ3n) is 2.82. The van der Waals surface area contributed by atoms with Crippen LogP contribution < -0.4 is 0 Å². The van der Waals surface area contributed by atoms with Crippen LogP contribution in [0.2, 0.25) is 0 Å². The molecule has 0 saturated heterocycles. The van der Waals surface area contributed by atoms with E-state index in [4.69, 9.17) is 4.74 Å². The van der Waals surface area contributed by atoms with Gasteiger partial charge in [-0.1, -0.05) is 22.0 Å². The lowest BCUT2D eigenvalue weighted by molar-refractivity contribution is 0.0173. The second-order valence-corrected chi connectivity index (χ2v) is 4.78.